The van der Waals surface area contributed by atoms with Gasteiger partial charge in [-0.05, 0) is 26.2 Å². The molecule has 0 spiro atoms. The monoisotopic (exact) mass is 263 g/mol. The van der Waals surface area contributed by atoms with Crippen molar-refractivity contribution in [1.29, 1.82) is 0 Å². The number of carbonyl (C=O) groups is 1. The lowest BCUT2D eigenvalue weighted by molar-refractivity contribution is -0.123. The third-order valence-corrected chi connectivity index (χ3v) is 2.84. The van der Waals surface area contributed by atoms with Crippen LogP contribution in [-0.4, -0.2) is 30.0 Å². The van der Waals surface area contributed by atoms with E-state index in [0.29, 0.717) is 6.42 Å². The first-order chi connectivity index (χ1) is 6.72. The van der Waals surface area contributed by atoms with Crippen LogP contribution in [0.3, 0.4) is 0 Å². The van der Waals surface area contributed by atoms with Crippen LogP contribution in [-0.2, 0) is 9.53 Å². The molecule has 1 heterocycles. The van der Waals surface area contributed by atoms with Gasteiger partial charge >= 0.3 is 0 Å². The van der Waals surface area contributed by atoms with E-state index in [-0.39, 0.29) is 18.1 Å². The Balaban J connectivity index is 2.14. The van der Waals surface area contributed by atoms with Gasteiger partial charge in [-0.2, -0.15) is 0 Å². The zero-order valence-electron chi connectivity index (χ0n) is 8.59. The van der Waals surface area contributed by atoms with Gasteiger partial charge < -0.3 is 10.1 Å². The van der Waals surface area contributed by atoms with Crippen LogP contribution in [0.2, 0.25) is 0 Å². The van der Waals surface area contributed by atoms with Crippen LogP contribution in [0.15, 0.2) is 0 Å². The van der Waals surface area contributed by atoms with Crippen LogP contribution in [0.25, 0.3) is 0 Å². The Labute approximate surface area is 93.7 Å². The molecule has 0 aromatic rings. The molecular weight excluding hydrogens is 246 g/mol. The van der Waals surface area contributed by atoms with Crippen molar-refractivity contribution in [1.82, 2.24) is 5.32 Å². The maximum atomic E-state index is 11.5. The van der Waals surface area contributed by atoms with Gasteiger partial charge in [0, 0.05) is 18.0 Å². The maximum Gasteiger partial charge on any atom is 0.222 e. The minimum atomic E-state index is 0.116. The third-order valence-electron chi connectivity index (χ3n) is 2.39. The molecule has 3 nitrogen and oxygen atoms in total. The zero-order valence-corrected chi connectivity index (χ0v) is 10.2. The minimum absolute atomic E-state index is 0.116. The first kappa shape index (κ1) is 12.0. The lowest BCUT2D eigenvalue weighted by Crippen LogP contribution is -2.34. The fraction of sp³-hybridized carbons (Fsp3) is 0.900. The van der Waals surface area contributed by atoms with Gasteiger partial charge in [-0.3, -0.25) is 4.79 Å². The van der Waals surface area contributed by atoms with Gasteiger partial charge in [-0.15, -0.1) is 0 Å². The molecule has 0 bridgehead atoms. The molecule has 1 N–H and O–H groups in total. The van der Waals surface area contributed by atoms with Crippen molar-refractivity contribution in [3.05, 3.63) is 0 Å². The Kier molecular flexibility index (Phi) is 5.48. The highest BCUT2D eigenvalue weighted by Gasteiger charge is 2.19. The first-order valence-corrected chi connectivity index (χ1v) is 6.31. The molecule has 82 valence electrons. The van der Waals surface area contributed by atoms with Gasteiger partial charge in [0.1, 0.15) is 0 Å². The summed E-state index contributed by atoms with van der Waals surface area (Å²) in [6, 6.07) is 0.253. The van der Waals surface area contributed by atoms with Crippen LogP contribution in [0.5, 0.6) is 0 Å². The SMILES string of the molecule is CC(CCBr)NC(=O)CC1CCCO1. The molecule has 0 radical (unpaired) electrons. The summed E-state index contributed by atoms with van der Waals surface area (Å²) in [4.78, 5) is 11.5. The highest BCUT2D eigenvalue weighted by atomic mass is 79.9. The second-order valence-electron chi connectivity index (χ2n) is 3.79. The highest BCUT2D eigenvalue weighted by molar-refractivity contribution is 9.09. The molecule has 2 atom stereocenters. The third kappa shape index (κ3) is 4.42. The van der Waals surface area contributed by atoms with Crippen LogP contribution >= 0.6 is 15.9 Å². The number of hydrogen-bond acceptors (Lipinski definition) is 2. The summed E-state index contributed by atoms with van der Waals surface area (Å²) in [5.41, 5.74) is 0. The standard InChI is InChI=1S/C10H18BrNO2/c1-8(4-5-11)12-10(13)7-9-3-2-6-14-9/h8-9H,2-7H2,1H3,(H,12,13). The van der Waals surface area contributed by atoms with E-state index in [2.05, 4.69) is 21.2 Å². The van der Waals surface area contributed by atoms with E-state index in [1.807, 2.05) is 6.92 Å². The molecule has 1 aliphatic heterocycles. The Morgan fingerprint density at radius 3 is 3.07 bits per heavy atom. The average molecular weight is 264 g/mol. The van der Waals surface area contributed by atoms with Gasteiger partial charge in [0.25, 0.3) is 0 Å². The summed E-state index contributed by atoms with van der Waals surface area (Å²) in [6.45, 7) is 2.84. The summed E-state index contributed by atoms with van der Waals surface area (Å²) < 4.78 is 5.40. The smallest absolute Gasteiger partial charge is 0.222 e. The van der Waals surface area contributed by atoms with Crippen molar-refractivity contribution in [2.75, 3.05) is 11.9 Å². The van der Waals surface area contributed by atoms with Gasteiger partial charge in [0.05, 0.1) is 12.5 Å². The number of amides is 1. The normalized spacial score (nSPS) is 23.4. The molecule has 2 unspecified atom stereocenters. The zero-order chi connectivity index (χ0) is 10.4. The molecule has 4 heteroatoms. The van der Waals surface area contributed by atoms with Crippen LogP contribution in [0, 0.1) is 0 Å². The van der Waals surface area contributed by atoms with Crippen LogP contribution < -0.4 is 5.32 Å². The number of hydrogen-bond donors (Lipinski definition) is 1. The molecule has 0 saturated carbocycles. The van der Waals surface area contributed by atoms with Crippen molar-refractivity contribution in [3.8, 4) is 0 Å². The number of carbonyl (C=O) groups excluding carboxylic acids is 1. The number of alkyl halides is 1. The maximum absolute atomic E-state index is 11.5. The van der Waals surface area contributed by atoms with E-state index in [0.717, 1.165) is 31.2 Å². The second-order valence-corrected chi connectivity index (χ2v) is 4.58. The van der Waals surface area contributed by atoms with E-state index in [9.17, 15) is 4.79 Å². The molecule has 1 fully saturated rings. The van der Waals surface area contributed by atoms with Crippen molar-refractivity contribution in [3.63, 3.8) is 0 Å². The molecule has 0 aromatic heterocycles. The number of nitrogens with one attached hydrogen (secondary N) is 1. The first-order valence-electron chi connectivity index (χ1n) is 5.19. The van der Waals surface area contributed by atoms with Gasteiger partial charge in [0.15, 0.2) is 0 Å². The van der Waals surface area contributed by atoms with E-state index >= 15 is 0 Å². The minimum Gasteiger partial charge on any atom is -0.378 e. The van der Waals surface area contributed by atoms with Crippen molar-refractivity contribution in [2.24, 2.45) is 0 Å². The molecule has 0 aromatic carbocycles. The Morgan fingerprint density at radius 1 is 1.71 bits per heavy atom. The van der Waals surface area contributed by atoms with Crippen molar-refractivity contribution >= 4 is 21.8 Å². The molecule has 14 heavy (non-hydrogen) atoms. The number of rotatable bonds is 5. The molecular formula is C10H18BrNO2. The van der Waals surface area contributed by atoms with Crippen molar-refractivity contribution in [2.45, 2.75) is 44.8 Å². The van der Waals surface area contributed by atoms with Crippen LogP contribution in [0.1, 0.15) is 32.6 Å². The molecule has 1 rings (SSSR count). The van der Waals surface area contributed by atoms with Gasteiger partial charge in [0.2, 0.25) is 5.91 Å². The fourth-order valence-corrected chi connectivity index (χ4v) is 2.27. The molecule has 1 amide bonds. The largest absolute Gasteiger partial charge is 0.378 e. The lowest BCUT2D eigenvalue weighted by Gasteiger charge is -2.14. The number of halogens is 1. The summed E-state index contributed by atoms with van der Waals surface area (Å²) in [7, 11) is 0. The predicted molar refractivity (Wildman–Crippen MR) is 59.6 cm³/mol. The summed E-state index contributed by atoms with van der Waals surface area (Å²) >= 11 is 3.35. The lowest BCUT2D eigenvalue weighted by atomic mass is 10.1. The van der Waals surface area contributed by atoms with E-state index < -0.39 is 0 Å². The van der Waals surface area contributed by atoms with Crippen molar-refractivity contribution < 1.29 is 9.53 Å². The van der Waals surface area contributed by atoms with E-state index in [1.165, 1.54) is 0 Å². The fourth-order valence-electron chi connectivity index (χ4n) is 1.58. The molecule has 1 aliphatic rings. The molecule has 0 aliphatic carbocycles. The summed E-state index contributed by atoms with van der Waals surface area (Å²) in [5.74, 6) is 0.116. The number of ether oxygens (including phenoxy) is 1. The van der Waals surface area contributed by atoms with E-state index in [4.69, 9.17) is 4.74 Å². The second kappa shape index (κ2) is 6.40. The quantitative estimate of drug-likeness (QED) is 0.769. The van der Waals surface area contributed by atoms with E-state index in [1.54, 1.807) is 0 Å². The predicted octanol–water partition coefficient (Wildman–Crippen LogP) is 1.85. The van der Waals surface area contributed by atoms with Crippen LogP contribution in [0.4, 0.5) is 0 Å². The highest BCUT2D eigenvalue weighted by Crippen LogP contribution is 2.15. The average Bonchev–Trinajstić information content (AvgIpc) is 2.56. The topological polar surface area (TPSA) is 38.3 Å². The van der Waals surface area contributed by atoms with Gasteiger partial charge in [-0.1, -0.05) is 15.9 Å². The van der Waals surface area contributed by atoms with Gasteiger partial charge in [-0.25, -0.2) is 0 Å². The Hall–Kier alpha value is -0.0900. The molecule has 1 saturated heterocycles. The summed E-state index contributed by atoms with van der Waals surface area (Å²) in [6.07, 6.45) is 3.77. The Bertz CT molecular complexity index is 181. The summed E-state index contributed by atoms with van der Waals surface area (Å²) in [5, 5.41) is 3.88. The Morgan fingerprint density at radius 2 is 2.50 bits per heavy atom.